The van der Waals surface area contributed by atoms with Gasteiger partial charge in [-0.25, -0.2) is 15.0 Å². The zero-order valence-corrected chi connectivity index (χ0v) is 12.7. The molecule has 0 unspecified atom stereocenters. The lowest BCUT2D eigenvalue weighted by Gasteiger charge is -2.09. The number of anilines is 1. The summed E-state index contributed by atoms with van der Waals surface area (Å²) in [6.07, 6.45) is -0.841. The molecule has 0 aliphatic rings. The van der Waals surface area contributed by atoms with Crippen molar-refractivity contribution in [3.8, 4) is 22.7 Å². The molecule has 0 fully saturated rings. The van der Waals surface area contributed by atoms with E-state index < -0.39 is 23.5 Å². The van der Waals surface area contributed by atoms with E-state index >= 15 is 0 Å². The third kappa shape index (κ3) is 2.62. The molecule has 0 bridgehead atoms. The van der Waals surface area contributed by atoms with Crippen molar-refractivity contribution >= 4 is 11.7 Å². The van der Waals surface area contributed by atoms with Crippen LogP contribution in [0.1, 0.15) is 5.56 Å². The Kier molecular flexibility index (Phi) is 3.39. The van der Waals surface area contributed by atoms with Crippen LogP contribution >= 0.6 is 0 Å². The summed E-state index contributed by atoms with van der Waals surface area (Å²) in [7, 11) is 0. The summed E-state index contributed by atoms with van der Waals surface area (Å²) < 4.78 is 58.6. The second-order valence-corrected chi connectivity index (χ2v) is 5.27. The van der Waals surface area contributed by atoms with Crippen molar-refractivity contribution in [2.45, 2.75) is 6.18 Å². The van der Waals surface area contributed by atoms with Crippen molar-refractivity contribution in [2.24, 2.45) is 0 Å². The number of fused-ring (bicyclic) bond motifs is 1. The average Bonchev–Trinajstić information content (AvgIpc) is 3.16. The molecule has 2 N–H and O–H groups in total. The van der Waals surface area contributed by atoms with Crippen LogP contribution in [0.25, 0.3) is 28.6 Å². The number of nitrogen functional groups attached to an aromatic ring is 1. The van der Waals surface area contributed by atoms with Crippen LogP contribution in [0.3, 0.4) is 0 Å². The largest absolute Gasteiger partial charge is 0.419 e. The average molecular weight is 364 g/mol. The minimum atomic E-state index is -4.66. The van der Waals surface area contributed by atoms with Gasteiger partial charge in [-0.05, 0) is 18.2 Å². The first-order valence-electron chi connectivity index (χ1n) is 7.12. The quantitative estimate of drug-likeness (QED) is 0.434. The molecule has 0 atom stereocenters. The first kappa shape index (κ1) is 16.0. The van der Waals surface area contributed by atoms with Crippen LogP contribution < -0.4 is 5.73 Å². The first-order chi connectivity index (χ1) is 12.3. The van der Waals surface area contributed by atoms with Crippen LogP contribution in [0, 0.1) is 5.95 Å². The number of halogens is 4. The minimum Gasteiger partial charge on any atom is -0.403 e. The number of pyridine rings is 2. The van der Waals surface area contributed by atoms with E-state index in [4.69, 9.17) is 10.2 Å². The van der Waals surface area contributed by atoms with Crippen LogP contribution in [-0.2, 0) is 6.18 Å². The van der Waals surface area contributed by atoms with Gasteiger partial charge in [-0.3, -0.25) is 0 Å². The maximum atomic E-state index is 13.0. The predicted octanol–water partition coefficient (Wildman–Crippen LogP) is 3.19. The number of imidazole rings is 1. The molecule has 0 spiro atoms. The van der Waals surface area contributed by atoms with Crippen LogP contribution in [0.5, 0.6) is 0 Å². The topological polar surface area (TPSA) is 95.1 Å². The van der Waals surface area contributed by atoms with E-state index in [1.807, 2.05) is 0 Å². The summed E-state index contributed by atoms with van der Waals surface area (Å²) in [6.45, 7) is 0. The summed E-state index contributed by atoms with van der Waals surface area (Å²) in [6, 6.07) is 3.43. The van der Waals surface area contributed by atoms with E-state index in [1.165, 1.54) is 23.0 Å². The minimum absolute atomic E-state index is 0.0137. The maximum Gasteiger partial charge on any atom is 0.419 e. The second-order valence-electron chi connectivity index (χ2n) is 5.27. The van der Waals surface area contributed by atoms with Crippen molar-refractivity contribution in [1.29, 1.82) is 0 Å². The van der Waals surface area contributed by atoms with Gasteiger partial charge < -0.3 is 10.2 Å². The van der Waals surface area contributed by atoms with Crippen molar-refractivity contribution in [1.82, 2.24) is 24.6 Å². The molecule has 4 aromatic rings. The van der Waals surface area contributed by atoms with E-state index in [1.54, 1.807) is 0 Å². The number of rotatable bonds is 2. The van der Waals surface area contributed by atoms with Gasteiger partial charge in [0.15, 0.2) is 0 Å². The lowest BCUT2D eigenvalue weighted by Crippen LogP contribution is -2.10. The van der Waals surface area contributed by atoms with Gasteiger partial charge in [-0.15, -0.1) is 5.10 Å². The highest BCUT2D eigenvalue weighted by molar-refractivity contribution is 5.63. The summed E-state index contributed by atoms with van der Waals surface area (Å²) in [5, 5.41) is 4.11. The smallest absolute Gasteiger partial charge is 0.403 e. The molecule has 0 amide bonds. The summed E-state index contributed by atoms with van der Waals surface area (Å²) >= 11 is 0. The van der Waals surface area contributed by atoms with Gasteiger partial charge in [0.2, 0.25) is 11.8 Å². The van der Waals surface area contributed by atoms with E-state index in [9.17, 15) is 17.6 Å². The van der Waals surface area contributed by atoms with Crippen molar-refractivity contribution in [3.05, 3.63) is 48.3 Å². The zero-order valence-electron chi connectivity index (χ0n) is 12.7. The molecule has 26 heavy (non-hydrogen) atoms. The van der Waals surface area contributed by atoms with Gasteiger partial charge in [0.25, 0.3) is 0 Å². The Bertz CT molecular complexity index is 1100. The van der Waals surface area contributed by atoms with Crippen LogP contribution in [-0.4, -0.2) is 24.6 Å². The maximum absolute atomic E-state index is 13.0. The van der Waals surface area contributed by atoms with E-state index in [-0.39, 0.29) is 17.3 Å². The molecule has 0 aromatic carbocycles. The van der Waals surface area contributed by atoms with Crippen LogP contribution in [0.15, 0.2) is 41.2 Å². The third-order valence-electron chi connectivity index (χ3n) is 3.58. The summed E-state index contributed by atoms with van der Waals surface area (Å²) in [5.74, 6) is -1.37. The number of nitrogens with two attached hydrogens (primary N) is 1. The molecule has 132 valence electrons. The highest BCUT2D eigenvalue weighted by Gasteiger charge is 2.34. The molecule has 0 saturated carbocycles. The number of alkyl halides is 3. The monoisotopic (exact) mass is 364 g/mol. The Morgan fingerprint density at radius 3 is 2.46 bits per heavy atom. The Hall–Kier alpha value is -3.50. The number of aromatic nitrogens is 5. The molecule has 4 heterocycles. The van der Waals surface area contributed by atoms with Gasteiger partial charge in [-0.2, -0.15) is 22.1 Å². The normalized spacial score (nSPS) is 12.0. The third-order valence-corrected chi connectivity index (χ3v) is 3.58. The summed E-state index contributed by atoms with van der Waals surface area (Å²) in [4.78, 5) is 11.1. The van der Waals surface area contributed by atoms with Crippen molar-refractivity contribution in [3.63, 3.8) is 0 Å². The lowest BCUT2D eigenvalue weighted by atomic mass is 10.2. The standard InChI is InChI=1S/C15H8F4N6O/c16-11-2-1-7(4-21-11)10-6-23-14-25(10)24-13(26-14)8-3-9(15(17,18)19)12(20)22-5-8/h1-6H,(H2,20,22). The van der Waals surface area contributed by atoms with E-state index in [2.05, 4.69) is 20.1 Å². The summed E-state index contributed by atoms with van der Waals surface area (Å²) in [5.41, 5.74) is 5.12. The zero-order chi connectivity index (χ0) is 18.5. The van der Waals surface area contributed by atoms with Gasteiger partial charge in [0.05, 0.1) is 23.0 Å². The van der Waals surface area contributed by atoms with Gasteiger partial charge in [0, 0.05) is 18.0 Å². The van der Waals surface area contributed by atoms with Crippen LogP contribution in [0.4, 0.5) is 23.4 Å². The molecule has 4 aromatic heterocycles. The van der Waals surface area contributed by atoms with Crippen LogP contribution in [0.2, 0.25) is 0 Å². The second kappa shape index (κ2) is 5.51. The Balaban J connectivity index is 1.81. The highest BCUT2D eigenvalue weighted by atomic mass is 19.4. The van der Waals surface area contributed by atoms with E-state index in [0.717, 1.165) is 18.3 Å². The van der Waals surface area contributed by atoms with Crippen molar-refractivity contribution in [2.75, 3.05) is 5.73 Å². The number of hydrogen-bond acceptors (Lipinski definition) is 6. The number of nitrogens with zero attached hydrogens (tertiary/aromatic N) is 5. The van der Waals surface area contributed by atoms with Gasteiger partial charge >= 0.3 is 12.0 Å². The molecule has 0 saturated heterocycles. The molecule has 0 radical (unpaired) electrons. The lowest BCUT2D eigenvalue weighted by molar-refractivity contribution is -0.137. The number of hydrogen-bond donors (Lipinski definition) is 1. The fraction of sp³-hybridized carbons (Fsp3) is 0.0667. The molecule has 0 aliphatic carbocycles. The Labute approximate surface area is 142 Å². The van der Waals surface area contributed by atoms with E-state index in [0.29, 0.717) is 11.3 Å². The fourth-order valence-electron chi connectivity index (χ4n) is 2.35. The molecule has 11 heteroatoms. The van der Waals surface area contributed by atoms with Gasteiger partial charge in [-0.1, -0.05) is 0 Å². The predicted molar refractivity (Wildman–Crippen MR) is 81.1 cm³/mol. The first-order valence-corrected chi connectivity index (χ1v) is 7.12. The Morgan fingerprint density at radius 2 is 1.77 bits per heavy atom. The Morgan fingerprint density at radius 1 is 1.00 bits per heavy atom. The molecular weight excluding hydrogens is 356 g/mol. The molecule has 4 rings (SSSR count). The molecule has 7 nitrogen and oxygen atoms in total. The highest BCUT2D eigenvalue weighted by Crippen LogP contribution is 2.35. The molecule has 0 aliphatic heterocycles. The molecular formula is C15H8F4N6O. The fourth-order valence-corrected chi connectivity index (χ4v) is 2.35. The van der Waals surface area contributed by atoms with Crippen molar-refractivity contribution < 1.29 is 22.0 Å². The SMILES string of the molecule is Nc1ncc(-c2nn3c(-c4ccc(F)nc4)cnc3o2)cc1C(F)(F)F. The van der Waals surface area contributed by atoms with Gasteiger partial charge in [0.1, 0.15) is 5.82 Å².